The van der Waals surface area contributed by atoms with E-state index in [0.29, 0.717) is 11.8 Å². The van der Waals surface area contributed by atoms with Crippen molar-refractivity contribution in [3.8, 4) is 0 Å². The van der Waals surface area contributed by atoms with E-state index in [-0.39, 0.29) is 92.7 Å². The molecular weight excluding hydrogens is 1210 g/mol. The van der Waals surface area contributed by atoms with Crippen molar-refractivity contribution >= 4 is 45.2 Å². The highest BCUT2D eigenvalue weighted by Gasteiger charge is 2.51. The van der Waals surface area contributed by atoms with Crippen LogP contribution >= 0.6 is 0 Å². The summed E-state index contributed by atoms with van der Waals surface area (Å²) in [5.74, 6) is -0.0627. The van der Waals surface area contributed by atoms with Gasteiger partial charge in [-0.1, -0.05) is 185 Å². The number of aliphatic carboxylic acids is 1. The Kier molecular flexibility index (Phi) is 26.4. The van der Waals surface area contributed by atoms with Gasteiger partial charge in [-0.05, 0) is 225 Å². The summed E-state index contributed by atoms with van der Waals surface area (Å²) in [6.07, 6.45) is 27.9. The van der Waals surface area contributed by atoms with Crippen LogP contribution in [0.5, 0.6) is 0 Å². The molecule has 0 saturated heterocycles. The van der Waals surface area contributed by atoms with Gasteiger partial charge in [-0.2, -0.15) is 0 Å². The lowest BCUT2D eigenvalue weighted by Crippen LogP contribution is -2.49. The second-order valence-corrected chi connectivity index (χ2v) is 54.7. The van der Waals surface area contributed by atoms with Crippen molar-refractivity contribution in [2.24, 2.45) is 28.6 Å². The van der Waals surface area contributed by atoms with Gasteiger partial charge in [-0.3, -0.25) is 0 Å². The van der Waals surface area contributed by atoms with Gasteiger partial charge in [-0.25, -0.2) is 9.59 Å². The van der Waals surface area contributed by atoms with Crippen LogP contribution in [0.15, 0.2) is 94.2 Å². The van der Waals surface area contributed by atoms with Crippen molar-refractivity contribution in [3.63, 3.8) is 0 Å². The predicted molar refractivity (Wildman–Crippen MR) is 396 cm³/mol. The fourth-order valence-electron chi connectivity index (χ4n) is 14.6. The summed E-state index contributed by atoms with van der Waals surface area (Å²) >= 11 is 0. The van der Waals surface area contributed by atoms with Crippen LogP contribution in [0, 0.1) is 28.6 Å². The van der Waals surface area contributed by atoms with Crippen molar-refractivity contribution in [1.82, 2.24) is 0 Å². The molecule has 1 unspecified atom stereocenters. The molecule has 1 N–H and O–H groups in total. The van der Waals surface area contributed by atoms with Gasteiger partial charge in [0.2, 0.25) is 0 Å². The van der Waals surface area contributed by atoms with Crippen molar-refractivity contribution in [2.75, 3.05) is 13.2 Å². The molecule has 14 heteroatoms. The quantitative estimate of drug-likeness (QED) is 0.0638. The first-order valence-electron chi connectivity index (χ1n) is 35.9. The average Bonchev–Trinajstić information content (AvgIpc) is 1.57. The van der Waals surface area contributed by atoms with Crippen LogP contribution in [-0.2, 0) is 41.5 Å². The molecule has 0 bridgehead atoms. The number of allylic oxidation sites excluding steroid dienone is 8. The van der Waals surface area contributed by atoms with E-state index in [1.165, 1.54) is 33.4 Å². The van der Waals surface area contributed by atoms with E-state index < -0.39 is 44.8 Å². The molecule has 0 spiro atoms. The molecule has 0 aromatic rings. The zero-order valence-electron chi connectivity index (χ0n) is 64.0. The molecule has 4 saturated carbocycles. The van der Waals surface area contributed by atoms with Crippen LogP contribution in [0.4, 0.5) is 0 Å². The van der Waals surface area contributed by atoms with E-state index in [4.69, 9.17) is 37.0 Å². The minimum atomic E-state index is -2.02. The normalized spacial score (nSPS) is 29.1. The van der Waals surface area contributed by atoms with Gasteiger partial charge >= 0.3 is 11.9 Å². The summed E-state index contributed by atoms with van der Waals surface area (Å²) in [6, 6.07) is 0. The van der Waals surface area contributed by atoms with Gasteiger partial charge in [-0.15, -0.1) is 0 Å². The third-order valence-corrected chi connectivity index (χ3v) is 43.1. The first-order valence-corrected chi connectivity index (χ1v) is 47.5. The summed E-state index contributed by atoms with van der Waals surface area (Å²) in [5.41, 5.74) is 9.98. The van der Waals surface area contributed by atoms with E-state index >= 15 is 0 Å². The zero-order valence-corrected chi connectivity index (χ0v) is 68.0. The minimum Gasteiger partial charge on any atom is -0.480 e. The maximum Gasteiger partial charge on any atom is 0.332 e. The van der Waals surface area contributed by atoms with Crippen LogP contribution in [0.3, 0.4) is 0 Å². The van der Waals surface area contributed by atoms with Gasteiger partial charge in [0.25, 0.3) is 0 Å². The third-order valence-electron chi connectivity index (χ3n) is 25.0. The number of rotatable bonds is 22. The van der Waals surface area contributed by atoms with E-state index in [1.807, 2.05) is 6.92 Å². The molecule has 0 aromatic carbocycles. The van der Waals surface area contributed by atoms with Crippen LogP contribution in [-0.4, -0.2) is 106 Å². The van der Waals surface area contributed by atoms with Crippen molar-refractivity contribution in [2.45, 2.75) is 343 Å². The van der Waals surface area contributed by atoms with Crippen LogP contribution < -0.4 is 0 Å². The molecule has 524 valence electrons. The summed E-state index contributed by atoms with van der Waals surface area (Å²) in [4.78, 5) is 24.1. The summed E-state index contributed by atoms with van der Waals surface area (Å²) in [7, 11) is -7.95. The van der Waals surface area contributed by atoms with Gasteiger partial charge in [0.05, 0.1) is 36.6 Å². The maximum absolute atomic E-state index is 13.0. The SMILES string of the molecule is C=C1C(=CC=C2CCC[C@]3(C)C([C@H](C)OCC(=O)O)=CCC23)C[C@@H](O[Si](C)(C)C(C)(C)C)C[C@@H]1O[Si](C)(C)C(C)(C)C.C=C1C(=CC=C2CCC[C@]3(C)C([C@H](C)OCC(=O)OC(CC)(CC)C(C)C)=CC[C@@H]23)C[C@@H](O[Si](C)(C)C(C)(C)C)C[C@@H]1O[Si](C)(C)C(C)(C)C. The largest absolute Gasteiger partial charge is 0.480 e. The second kappa shape index (κ2) is 30.3. The number of esters is 1. The Balaban J connectivity index is 0.000000339. The van der Waals surface area contributed by atoms with Gasteiger partial charge in [0.15, 0.2) is 33.3 Å². The second-order valence-electron chi connectivity index (χ2n) is 35.7. The molecule has 92 heavy (non-hydrogen) atoms. The zero-order chi connectivity index (χ0) is 70.0. The van der Waals surface area contributed by atoms with Crippen molar-refractivity contribution < 1.29 is 46.6 Å². The lowest BCUT2D eigenvalue weighted by Gasteiger charge is -2.45. The van der Waals surface area contributed by atoms with Gasteiger partial charge in [0, 0.05) is 12.8 Å². The molecule has 0 amide bonds. The number of carboxylic acids is 1. The highest BCUT2D eigenvalue weighted by Crippen LogP contribution is 2.58. The standard InChI is InChI=1S/C43H76O5Si2.C35H60O5Si2/c1-18-43(19-2,30(3)4)46-39(44)29-45-32(6)36-24-25-37-33(21-20-26-42(36,37)13)22-23-34-27-35(47-49(14,15)40(7,8)9)28-38(31(34)5)48-50(16,17)41(10,11)12;1-24-27(17-16-26-15-14-20-35(9)29(18-19-30(26)35)25(2)38-23-32(36)37)21-28(39-41(10,11)33(3,4)5)22-31(24)40-42(12,13)34(6,7)8/h22-24,30,32,35,37-38H,5,18-21,25-29H2,1-4,6-17H3;16-18,25,28,30-31H,1,14-15,19-23H2,2-13H3,(H,36,37)/t32-,35+,37-,38-,42+;25-,28+,30?,31-,35+/m00/s1. The van der Waals surface area contributed by atoms with Crippen LogP contribution in [0.1, 0.15) is 228 Å². The lowest BCUT2D eigenvalue weighted by molar-refractivity contribution is -0.172. The molecule has 4 fully saturated rings. The molecule has 6 aliphatic carbocycles. The topological polar surface area (TPSA) is 119 Å². The molecule has 0 heterocycles. The number of ether oxygens (including phenoxy) is 3. The first-order chi connectivity index (χ1) is 41.9. The molecule has 6 rings (SSSR count). The highest BCUT2D eigenvalue weighted by molar-refractivity contribution is 6.75. The number of hydrogen-bond acceptors (Lipinski definition) is 9. The first kappa shape index (κ1) is 80.2. The highest BCUT2D eigenvalue weighted by atomic mass is 28.4. The molecule has 6 aliphatic rings. The summed E-state index contributed by atoms with van der Waals surface area (Å²) in [5, 5.41) is 9.66. The number of hydrogen-bond donors (Lipinski definition) is 1. The van der Waals surface area contributed by atoms with Crippen LogP contribution in [0.2, 0.25) is 72.5 Å². The minimum absolute atomic E-state index is 0.00599. The summed E-state index contributed by atoms with van der Waals surface area (Å²) < 4.78 is 46.2. The Morgan fingerprint density at radius 1 is 0.565 bits per heavy atom. The molecular formula is C78H136O10Si4. The maximum atomic E-state index is 13.0. The van der Waals surface area contributed by atoms with Crippen molar-refractivity contribution in [3.05, 3.63) is 94.2 Å². The lowest BCUT2D eigenvalue weighted by atomic mass is 9.63. The Bertz CT molecular complexity index is 2800. The number of carboxylic acid groups (broad SMARTS) is 1. The monoisotopic (exact) mass is 1340 g/mol. The molecule has 0 aromatic heterocycles. The fraction of sp³-hybridized carbons (Fsp3) is 0.769. The Morgan fingerprint density at radius 2 is 0.902 bits per heavy atom. The number of carbonyl (C=O) groups is 2. The Hall–Kier alpha value is -2.51. The molecule has 10 nitrogen and oxygen atoms in total. The molecule has 0 radical (unpaired) electrons. The molecule has 10 atom stereocenters. The van der Waals surface area contributed by atoms with Crippen LogP contribution in [0.25, 0.3) is 0 Å². The number of carbonyl (C=O) groups excluding carboxylic acids is 1. The van der Waals surface area contributed by atoms with E-state index in [9.17, 15) is 9.59 Å². The molecule has 0 aliphatic heterocycles. The van der Waals surface area contributed by atoms with Gasteiger partial charge in [0.1, 0.15) is 18.8 Å². The van der Waals surface area contributed by atoms with E-state index in [0.717, 1.165) is 101 Å². The average molecular weight is 1350 g/mol. The van der Waals surface area contributed by atoms with E-state index in [2.05, 4.69) is 234 Å². The fourth-order valence-corrected chi connectivity index (χ4v) is 20.0. The smallest absolute Gasteiger partial charge is 0.332 e. The third kappa shape index (κ3) is 18.8. The van der Waals surface area contributed by atoms with E-state index in [1.54, 1.807) is 0 Å². The summed E-state index contributed by atoms with van der Waals surface area (Å²) in [6.45, 7) is 72.9. The predicted octanol–water partition coefficient (Wildman–Crippen LogP) is 21.9. The van der Waals surface area contributed by atoms with Gasteiger partial charge < -0.3 is 37.0 Å². The number of fused-ring (bicyclic) bond motifs is 2. The Morgan fingerprint density at radius 3 is 1.22 bits per heavy atom. The Labute approximate surface area is 567 Å². The van der Waals surface area contributed by atoms with Crippen molar-refractivity contribution in [1.29, 1.82) is 0 Å².